The average Bonchev–Trinajstić information content (AvgIpc) is 2.37. The Morgan fingerprint density at radius 1 is 1.20 bits per heavy atom. The molecule has 20 heavy (non-hydrogen) atoms. The van der Waals surface area contributed by atoms with Gasteiger partial charge in [-0.15, -0.1) is 0 Å². The fourth-order valence-corrected chi connectivity index (χ4v) is 3.11. The molecular formula is C13H20N2O4S. The SMILES string of the molecule is CCOc1ccc(S(=O)(=O)NC2CNC2)cc1OCC. The van der Waals surface area contributed by atoms with E-state index in [1.54, 1.807) is 6.07 Å². The Morgan fingerprint density at radius 3 is 2.40 bits per heavy atom. The topological polar surface area (TPSA) is 76.7 Å². The van der Waals surface area contributed by atoms with Gasteiger partial charge in [-0.3, -0.25) is 0 Å². The van der Waals surface area contributed by atoms with Crippen molar-refractivity contribution in [3.63, 3.8) is 0 Å². The minimum atomic E-state index is -3.52. The highest BCUT2D eigenvalue weighted by molar-refractivity contribution is 7.89. The van der Waals surface area contributed by atoms with E-state index in [1.807, 2.05) is 13.8 Å². The molecule has 2 N–H and O–H groups in total. The van der Waals surface area contributed by atoms with Crippen molar-refractivity contribution in [2.45, 2.75) is 24.8 Å². The number of sulfonamides is 1. The van der Waals surface area contributed by atoms with E-state index in [0.29, 0.717) is 37.8 Å². The number of rotatable bonds is 7. The fraction of sp³-hybridized carbons (Fsp3) is 0.538. The number of hydrogen-bond acceptors (Lipinski definition) is 5. The molecule has 0 radical (unpaired) electrons. The van der Waals surface area contributed by atoms with Crippen LogP contribution in [0.15, 0.2) is 23.1 Å². The van der Waals surface area contributed by atoms with Gasteiger partial charge in [-0.05, 0) is 26.0 Å². The van der Waals surface area contributed by atoms with E-state index in [0.717, 1.165) is 0 Å². The normalized spacial score (nSPS) is 15.7. The number of hydrogen-bond donors (Lipinski definition) is 2. The third-order valence-electron chi connectivity index (χ3n) is 2.93. The largest absolute Gasteiger partial charge is 0.490 e. The van der Waals surface area contributed by atoms with Crippen molar-refractivity contribution in [2.24, 2.45) is 0 Å². The molecule has 1 heterocycles. The van der Waals surface area contributed by atoms with Crippen molar-refractivity contribution in [3.05, 3.63) is 18.2 Å². The zero-order valence-corrected chi connectivity index (χ0v) is 12.5. The summed E-state index contributed by atoms with van der Waals surface area (Å²) in [4.78, 5) is 0.191. The summed E-state index contributed by atoms with van der Waals surface area (Å²) < 4.78 is 38.0. The maximum atomic E-state index is 12.2. The Morgan fingerprint density at radius 2 is 1.85 bits per heavy atom. The van der Waals surface area contributed by atoms with Crippen molar-refractivity contribution in [1.82, 2.24) is 10.0 Å². The Labute approximate surface area is 119 Å². The fourth-order valence-electron chi connectivity index (χ4n) is 1.86. The predicted octanol–water partition coefficient (Wildman–Crippen LogP) is 0.734. The van der Waals surface area contributed by atoms with Crippen molar-refractivity contribution < 1.29 is 17.9 Å². The van der Waals surface area contributed by atoms with E-state index in [2.05, 4.69) is 10.0 Å². The monoisotopic (exact) mass is 300 g/mol. The van der Waals surface area contributed by atoms with Crippen molar-refractivity contribution in [2.75, 3.05) is 26.3 Å². The molecule has 2 rings (SSSR count). The summed E-state index contributed by atoms with van der Waals surface area (Å²) >= 11 is 0. The summed E-state index contributed by atoms with van der Waals surface area (Å²) in [5.74, 6) is 1.00. The molecule has 0 bridgehead atoms. The van der Waals surface area contributed by atoms with Gasteiger partial charge in [0, 0.05) is 25.2 Å². The second-order valence-corrected chi connectivity index (χ2v) is 6.17. The highest BCUT2D eigenvalue weighted by atomic mass is 32.2. The lowest BCUT2D eigenvalue weighted by Gasteiger charge is -2.27. The van der Waals surface area contributed by atoms with E-state index in [1.165, 1.54) is 12.1 Å². The number of benzene rings is 1. The van der Waals surface area contributed by atoms with Crippen LogP contribution in [0, 0.1) is 0 Å². The van der Waals surface area contributed by atoms with Gasteiger partial charge in [0.1, 0.15) is 0 Å². The molecule has 6 nitrogen and oxygen atoms in total. The van der Waals surface area contributed by atoms with Gasteiger partial charge in [0.2, 0.25) is 10.0 Å². The van der Waals surface area contributed by atoms with E-state index in [4.69, 9.17) is 9.47 Å². The molecule has 0 spiro atoms. The molecule has 1 aromatic carbocycles. The molecule has 0 saturated carbocycles. The van der Waals surface area contributed by atoms with E-state index < -0.39 is 10.0 Å². The summed E-state index contributed by atoms with van der Waals surface area (Å²) in [5, 5.41) is 3.02. The Hall–Kier alpha value is -1.31. The zero-order valence-electron chi connectivity index (χ0n) is 11.7. The van der Waals surface area contributed by atoms with E-state index in [-0.39, 0.29) is 10.9 Å². The maximum absolute atomic E-state index is 12.2. The van der Waals surface area contributed by atoms with Crippen LogP contribution < -0.4 is 19.5 Å². The molecule has 1 fully saturated rings. The second kappa shape index (κ2) is 6.43. The summed E-state index contributed by atoms with van der Waals surface area (Å²) in [6, 6.07) is 4.62. The minimum Gasteiger partial charge on any atom is -0.490 e. The molecule has 1 aliphatic heterocycles. The quantitative estimate of drug-likeness (QED) is 0.776. The Balaban J connectivity index is 2.24. The first-order valence-electron chi connectivity index (χ1n) is 6.69. The van der Waals surface area contributed by atoms with Gasteiger partial charge >= 0.3 is 0 Å². The highest BCUT2D eigenvalue weighted by Crippen LogP contribution is 2.30. The molecule has 1 saturated heterocycles. The van der Waals surface area contributed by atoms with E-state index >= 15 is 0 Å². The molecule has 0 atom stereocenters. The Kier molecular flexibility index (Phi) is 4.85. The van der Waals surface area contributed by atoms with Crippen LogP contribution in [0.4, 0.5) is 0 Å². The standard InChI is InChI=1S/C13H20N2O4S/c1-3-18-12-6-5-11(7-13(12)19-4-2)20(16,17)15-10-8-14-9-10/h5-7,10,14-15H,3-4,8-9H2,1-2H3. The van der Waals surface area contributed by atoms with Crippen LogP contribution in [-0.4, -0.2) is 40.8 Å². The van der Waals surface area contributed by atoms with Gasteiger partial charge in [0.05, 0.1) is 18.1 Å². The van der Waals surface area contributed by atoms with Crippen LogP contribution in [0.25, 0.3) is 0 Å². The molecule has 112 valence electrons. The lowest BCUT2D eigenvalue weighted by Crippen LogP contribution is -2.56. The molecule has 1 aromatic rings. The second-order valence-electron chi connectivity index (χ2n) is 4.45. The first-order chi connectivity index (χ1) is 9.56. The van der Waals surface area contributed by atoms with Crippen LogP contribution in [0.2, 0.25) is 0 Å². The van der Waals surface area contributed by atoms with Crippen LogP contribution in [0.5, 0.6) is 11.5 Å². The molecule has 1 aliphatic rings. The van der Waals surface area contributed by atoms with Crippen molar-refractivity contribution in [3.8, 4) is 11.5 Å². The lowest BCUT2D eigenvalue weighted by atomic mass is 10.2. The van der Waals surface area contributed by atoms with Crippen LogP contribution in [0.3, 0.4) is 0 Å². The molecule has 0 amide bonds. The molecule has 0 aromatic heterocycles. The van der Waals surface area contributed by atoms with Gasteiger partial charge in [-0.2, -0.15) is 0 Å². The van der Waals surface area contributed by atoms with E-state index in [9.17, 15) is 8.42 Å². The van der Waals surface area contributed by atoms with Crippen LogP contribution in [0.1, 0.15) is 13.8 Å². The molecule has 7 heteroatoms. The zero-order chi connectivity index (χ0) is 14.6. The highest BCUT2D eigenvalue weighted by Gasteiger charge is 2.25. The summed E-state index contributed by atoms with van der Waals surface area (Å²) in [5.41, 5.74) is 0. The van der Waals surface area contributed by atoms with Crippen LogP contribution in [-0.2, 0) is 10.0 Å². The van der Waals surface area contributed by atoms with Gasteiger partial charge < -0.3 is 14.8 Å². The number of nitrogens with one attached hydrogen (secondary N) is 2. The van der Waals surface area contributed by atoms with Crippen molar-refractivity contribution >= 4 is 10.0 Å². The van der Waals surface area contributed by atoms with Gasteiger partial charge in [-0.25, -0.2) is 13.1 Å². The smallest absolute Gasteiger partial charge is 0.241 e. The predicted molar refractivity (Wildman–Crippen MR) is 75.8 cm³/mol. The third kappa shape index (κ3) is 3.41. The first-order valence-corrected chi connectivity index (χ1v) is 8.17. The first kappa shape index (κ1) is 15.1. The summed E-state index contributed by atoms with van der Waals surface area (Å²) in [6.45, 7) is 5.98. The number of ether oxygens (including phenoxy) is 2. The maximum Gasteiger partial charge on any atom is 0.241 e. The summed E-state index contributed by atoms with van der Waals surface area (Å²) in [6.07, 6.45) is 0. The summed E-state index contributed by atoms with van der Waals surface area (Å²) in [7, 11) is -3.52. The van der Waals surface area contributed by atoms with Crippen molar-refractivity contribution in [1.29, 1.82) is 0 Å². The lowest BCUT2D eigenvalue weighted by molar-refractivity contribution is 0.287. The average molecular weight is 300 g/mol. The molecule has 0 aliphatic carbocycles. The minimum absolute atomic E-state index is 0.0397. The molecule has 0 unspecified atom stereocenters. The Bertz CT molecular complexity index is 555. The molecular weight excluding hydrogens is 280 g/mol. The van der Waals surface area contributed by atoms with Gasteiger partial charge in [0.25, 0.3) is 0 Å². The van der Waals surface area contributed by atoms with Crippen LogP contribution >= 0.6 is 0 Å². The third-order valence-corrected chi connectivity index (χ3v) is 4.45. The van der Waals surface area contributed by atoms with Gasteiger partial charge in [0.15, 0.2) is 11.5 Å². The van der Waals surface area contributed by atoms with Gasteiger partial charge in [-0.1, -0.05) is 0 Å².